The molecule has 0 saturated heterocycles. The third kappa shape index (κ3) is 6.23. The summed E-state index contributed by atoms with van der Waals surface area (Å²) in [6, 6.07) is 4.97. The van der Waals surface area contributed by atoms with Crippen molar-refractivity contribution in [3.05, 3.63) is 70.4 Å². The largest absolute Gasteiger partial charge is 0.618 e. The molecule has 0 spiro atoms. The van der Waals surface area contributed by atoms with Crippen molar-refractivity contribution in [2.45, 2.75) is 64.1 Å². The molecular weight excluding hydrogens is 537 g/mol. The fraction of sp³-hybridized carbons (Fsp3) is 0.407. The molecule has 40 heavy (non-hydrogen) atoms. The average molecular weight is 566 g/mol. The summed E-state index contributed by atoms with van der Waals surface area (Å²) >= 11 is 0. The topological polar surface area (TPSA) is 114 Å². The summed E-state index contributed by atoms with van der Waals surface area (Å²) in [6.45, 7) is 3.09. The van der Waals surface area contributed by atoms with Gasteiger partial charge in [0.1, 0.15) is 6.04 Å². The normalized spacial score (nSPS) is 16.4. The zero-order valence-corrected chi connectivity index (χ0v) is 21.7. The van der Waals surface area contributed by atoms with Crippen molar-refractivity contribution in [3.63, 3.8) is 0 Å². The SMILES string of the molecule is CCc1[nH]ncc1C(=O)N[C@H](C(=O)Nc1ccc(-c2c(C(F)(F)F)cc[n+]([O-])c2C)cc1)C1CCC(F)(F)CC1. The molecule has 214 valence electrons. The Morgan fingerprint density at radius 2 is 1.82 bits per heavy atom. The number of alkyl halides is 5. The first-order chi connectivity index (χ1) is 18.8. The van der Waals surface area contributed by atoms with E-state index in [2.05, 4.69) is 20.8 Å². The average Bonchev–Trinajstić information content (AvgIpc) is 3.38. The predicted octanol–water partition coefficient (Wildman–Crippen LogP) is 5.16. The molecule has 3 N–H and O–H groups in total. The number of hydrogen-bond acceptors (Lipinski definition) is 4. The first-order valence-electron chi connectivity index (χ1n) is 12.7. The van der Waals surface area contributed by atoms with Gasteiger partial charge in [0.2, 0.25) is 11.8 Å². The van der Waals surface area contributed by atoms with Gasteiger partial charge in [-0.1, -0.05) is 19.1 Å². The van der Waals surface area contributed by atoms with Crippen LogP contribution >= 0.6 is 0 Å². The van der Waals surface area contributed by atoms with E-state index in [1.165, 1.54) is 37.4 Å². The van der Waals surface area contributed by atoms with Crippen molar-refractivity contribution < 1.29 is 36.3 Å². The fourth-order valence-electron chi connectivity index (χ4n) is 4.97. The third-order valence-corrected chi connectivity index (χ3v) is 7.20. The minimum atomic E-state index is -4.70. The van der Waals surface area contributed by atoms with Crippen LogP contribution in [0.25, 0.3) is 11.1 Å². The van der Waals surface area contributed by atoms with E-state index in [9.17, 15) is 36.7 Å². The molecule has 2 aromatic heterocycles. The van der Waals surface area contributed by atoms with Crippen LogP contribution in [0.5, 0.6) is 0 Å². The van der Waals surface area contributed by atoms with Gasteiger partial charge in [0.05, 0.1) is 22.9 Å². The Morgan fingerprint density at radius 1 is 1.18 bits per heavy atom. The summed E-state index contributed by atoms with van der Waals surface area (Å²) in [7, 11) is 0. The molecule has 4 rings (SSSR count). The molecule has 1 aliphatic carbocycles. The van der Waals surface area contributed by atoms with Crippen molar-refractivity contribution in [1.29, 1.82) is 0 Å². The molecule has 1 aromatic carbocycles. The second kappa shape index (κ2) is 11.2. The number of amides is 2. The van der Waals surface area contributed by atoms with Gasteiger partial charge in [-0.15, -0.1) is 0 Å². The number of halogens is 5. The van der Waals surface area contributed by atoms with E-state index in [0.717, 1.165) is 6.20 Å². The number of pyridine rings is 1. The quantitative estimate of drug-likeness (QED) is 0.209. The predicted molar refractivity (Wildman–Crippen MR) is 135 cm³/mol. The maximum atomic E-state index is 13.8. The highest BCUT2D eigenvalue weighted by Crippen LogP contribution is 2.39. The molecule has 2 heterocycles. The second-order valence-corrected chi connectivity index (χ2v) is 9.84. The highest BCUT2D eigenvalue weighted by atomic mass is 19.4. The van der Waals surface area contributed by atoms with Crippen LogP contribution in [0, 0.1) is 18.0 Å². The number of hydrogen-bond donors (Lipinski definition) is 3. The van der Waals surface area contributed by atoms with Gasteiger partial charge in [0.25, 0.3) is 5.91 Å². The van der Waals surface area contributed by atoms with Crippen molar-refractivity contribution in [1.82, 2.24) is 15.5 Å². The molecule has 3 aromatic rings. The van der Waals surface area contributed by atoms with Gasteiger partial charge < -0.3 is 15.8 Å². The second-order valence-electron chi connectivity index (χ2n) is 9.84. The molecule has 0 aliphatic heterocycles. The number of aryl methyl sites for hydroxylation is 1. The summed E-state index contributed by atoms with van der Waals surface area (Å²) in [5, 5.41) is 23.9. The van der Waals surface area contributed by atoms with Crippen LogP contribution in [0.15, 0.2) is 42.7 Å². The first-order valence-corrected chi connectivity index (χ1v) is 12.7. The number of anilines is 1. The Hall–Kier alpha value is -4.03. The van der Waals surface area contributed by atoms with Crippen LogP contribution < -0.4 is 15.4 Å². The molecule has 0 bridgehead atoms. The molecule has 1 saturated carbocycles. The first kappa shape index (κ1) is 29.0. The van der Waals surface area contributed by atoms with E-state index >= 15 is 0 Å². The van der Waals surface area contributed by atoms with Gasteiger partial charge in [-0.3, -0.25) is 14.7 Å². The zero-order chi connectivity index (χ0) is 29.2. The summed E-state index contributed by atoms with van der Waals surface area (Å²) in [6.07, 6.45) is -2.92. The maximum Gasteiger partial charge on any atom is 0.417 e. The van der Waals surface area contributed by atoms with E-state index in [-0.39, 0.29) is 40.9 Å². The van der Waals surface area contributed by atoms with Crippen LogP contribution in [0.4, 0.5) is 27.6 Å². The van der Waals surface area contributed by atoms with Crippen molar-refractivity contribution >= 4 is 17.5 Å². The van der Waals surface area contributed by atoms with Crippen LogP contribution in [-0.4, -0.2) is 34.0 Å². The van der Waals surface area contributed by atoms with Crippen molar-refractivity contribution in [3.8, 4) is 11.1 Å². The standard InChI is InChI=1S/C27H28F5N5O3/c1-3-21-19(14-33-36-21)24(38)35-23(17-8-11-26(28,29)12-9-17)25(39)34-18-6-4-16(5-7-18)22-15(2)37(40)13-10-20(22)27(30,31)32/h4-7,10,13-14,17,23H,3,8-9,11-12H2,1-2H3,(H,33,36)(H,34,39)(H,35,38)/t23-/m0/s1. The number of aromatic nitrogens is 3. The Kier molecular flexibility index (Phi) is 8.13. The number of nitrogens with one attached hydrogen (secondary N) is 3. The van der Waals surface area contributed by atoms with Gasteiger partial charge in [0, 0.05) is 37.2 Å². The van der Waals surface area contributed by atoms with Crippen molar-refractivity contribution in [2.24, 2.45) is 5.92 Å². The molecule has 0 radical (unpaired) electrons. The van der Waals surface area contributed by atoms with Crippen LogP contribution in [-0.2, 0) is 17.4 Å². The highest BCUT2D eigenvalue weighted by Gasteiger charge is 2.41. The number of nitrogens with zero attached hydrogens (tertiary/aromatic N) is 2. The number of H-pyrrole nitrogens is 1. The van der Waals surface area contributed by atoms with E-state index < -0.39 is 54.3 Å². The number of aromatic amines is 1. The summed E-state index contributed by atoms with van der Waals surface area (Å²) in [5.41, 5.74) is -0.298. The highest BCUT2D eigenvalue weighted by molar-refractivity contribution is 6.01. The number of benzene rings is 1. The Bertz CT molecular complexity index is 1380. The minimum absolute atomic E-state index is 0.0129. The molecule has 13 heteroatoms. The molecule has 0 unspecified atom stereocenters. The summed E-state index contributed by atoms with van der Waals surface area (Å²) in [4.78, 5) is 26.3. The Labute approximate surface area is 226 Å². The number of carbonyl (C=O) groups is 2. The van der Waals surface area contributed by atoms with Gasteiger partial charge in [-0.25, -0.2) is 8.78 Å². The maximum absolute atomic E-state index is 13.8. The molecule has 2 amide bonds. The van der Waals surface area contributed by atoms with Crippen LogP contribution in [0.1, 0.15) is 59.9 Å². The Balaban J connectivity index is 1.58. The monoisotopic (exact) mass is 565 g/mol. The number of carbonyl (C=O) groups excluding carboxylic acids is 2. The molecule has 1 aliphatic rings. The minimum Gasteiger partial charge on any atom is -0.618 e. The molecular formula is C27H28F5N5O3. The van der Waals surface area contributed by atoms with Crippen LogP contribution in [0.3, 0.4) is 0 Å². The molecule has 1 fully saturated rings. The van der Waals surface area contributed by atoms with Gasteiger partial charge in [-0.05, 0) is 42.9 Å². The zero-order valence-electron chi connectivity index (χ0n) is 21.7. The van der Waals surface area contributed by atoms with Gasteiger partial charge in [-0.2, -0.15) is 23.0 Å². The van der Waals surface area contributed by atoms with Crippen molar-refractivity contribution in [2.75, 3.05) is 5.32 Å². The summed E-state index contributed by atoms with van der Waals surface area (Å²) in [5.74, 6) is -4.64. The molecule has 1 atom stereocenters. The van der Waals surface area contributed by atoms with Crippen LogP contribution in [0.2, 0.25) is 0 Å². The fourth-order valence-corrected chi connectivity index (χ4v) is 4.97. The van der Waals surface area contributed by atoms with Gasteiger partial charge in [0.15, 0.2) is 11.9 Å². The molecule has 8 nitrogen and oxygen atoms in total. The number of rotatable bonds is 7. The third-order valence-electron chi connectivity index (χ3n) is 7.20. The van der Waals surface area contributed by atoms with E-state index in [1.54, 1.807) is 0 Å². The van der Waals surface area contributed by atoms with E-state index in [0.29, 0.717) is 22.9 Å². The lowest BCUT2D eigenvalue weighted by Gasteiger charge is -2.33. The van der Waals surface area contributed by atoms with Gasteiger partial charge >= 0.3 is 6.18 Å². The lowest BCUT2D eigenvalue weighted by molar-refractivity contribution is -0.611. The lowest BCUT2D eigenvalue weighted by Crippen LogP contribution is -2.50. The van der Waals surface area contributed by atoms with E-state index in [1.807, 2.05) is 6.92 Å². The smallest absolute Gasteiger partial charge is 0.417 e. The lowest BCUT2D eigenvalue weighted by atomic mass is 9.81. The van der Waals surface area contributed by atoms with E-state index in [4.69, 9.17) is 0 Å². The Morgan fingerprint density at radius 3 is 2.42 bits per heavy atom. The summed E-state index contributed by atoms with van der Waals surface area (Å²) < 4.78 is 68.8.